The molecule has 4 bridgehead atoms. The summed E-state index contributed by atoms with van der Waals surface area (Å²) in [4.78, 5) is 35.9. The average Bonchev–Trinajstić information content (AvgIpc) is 3.47. The second-order valence-electron chi connectivity index (χ2n) is 15.8. The van der Waals surface area contributed by atoms with E-state index in [-0.39, 0.29) is 17.3 Å². The Kier molecular flexibility index (Phi) is 17.2. The predicted octanol–water partition coefficient (Wildman–Crippen LogP) is 10.5. The molecule has 0 radical (unpaired) electrons. The molecule has 7 atom stereocenters. The van der Waals surface area contributed by atoms with Crippen molar-refractivity contribution in [2.75, 3.05) is 0 Å². The number of rotatable bonds is 8. The van der Waals surface area contributed by atoms with Gasteiger partial charge in [-0.15, -0.1) is 22.7 Å². The summed E-state index contributed by atoms with van der Waals surface area (Å²) in [6.45, 7) is 13.7. The molecule has 0 aromatic carbocycles. The average molecular weight is 801 g/mol. The number of cyclic esters (lactones) is 2. The van der Waals surface area contributed by atoms with Crippen LogP contribution in [0.1, 0.15) is 112 Å². The van der Waals surface area contributed by atoms with Gasteiger partial charge in [0, 0.05) is 40.9 Å². The molecule has 3 heterocycles. The van der Waals surface area contributed by atoms with Gasteiger partial charge in [-0.3, -0.25) is 0 Å². The Labute approximate surface area is 341 Å². The van der Waals surface area contributed by atoms with Gasteiger partial charge < -0.3 is 19.7 Å². The van der Waals surface area contributed by atoms with E-state index in [4.69, 9.17) is 9.47 Å². The number of carbonyl (C=O) groups excluding carboxylic acids is 2. The Bertz CT molecular complexity index is 1820. The summed E-state index contributed by atoms with van der Waals surface area (Å²) in [5.74, 6) is -0.0691. The van der Waals surface area contributed by atoms with Crippen molar-refractivity contribution < 1.29 is 29.3 Å². The van der Waals surface area contributed by atoms with Crippen LogP contribution in [-0.2, 0) is 15.9 Å². The molecular formula is C46H60N2O6S2. The van der Waals surface area contributed by atoms with E-state index in [0.717, 1.165) is 24.3 Å². The lowest BCUT2D eigenvalue weighted by molar-refractivity contribution is -0.0461. The van der Waals surface area contributed by atoms with E-state index >= 15 is 0 Å². The van der Waals surface area contributed by atoms with Crippen molar-refractivity contribution >= 4 is 40.7 Å². The van der Waals surface area contributed by atoms with Crippen LogP contribution < -0.4 is 0 Å². The highest BCUT2D eigenvalue weighted by molar-refractivity contribution is 7.10. The topological polar surface area (TPSA) is 119 Å². The SMILES string of the molecule is C/C=C/[C@H](O)C(C)(C)[C@@H]1C\C=C/C=C\C=C\[C@H](C)Cc2nc(cs2)C(=O)O[C@H](C(C)(C)[C@@H](O)/C=C/CCC)C/C=C\[C@H]2C[C@H]2/C=C/C=C\c2nc(cs2)C(=O)O1. The second-order valence-corrected chi connectivity index (χ2v) is 17.7. The summed E-state index contributed by atoms with van der Waals surface area (Å²) < 4.78 is 12.1. The number of aliphatic hydroxyl groups excluding tert-OH is 2. The van der Waals surface area contributed by atoms with E-state index in [1.165, 1.54) is 22.7 Å². The van der Waals surface area contributed by atoms with E-state index in [0.29, 0.717) is 36.1 Å². The van der Waals surface area contributed by atoms with Gasteiger partial charge in [-0.1, -0.05) is 139 Å². The van der Waals surface area contributed by atoms with Crippen molar-refractivity contribution in [3.05, 3.63) is 123 Å². The third-order valence-electron chi connectivity index (χ3n) is 10.4. The number of aromatic nitrogens is 2. The normalized spacial score (nSPS) is 28.0. The standard InChI is InChI=1S/C46H60N2O6S2/c1-8-10-14-24-38(50)46(6,7)40-26-19-23-34-29-33(34)22-17-18-27-41-47-35(30-55-41)43(51)53-39(45(4,5)37(49)20-9-2)25-16-13-11-12-15-21-32(3)28-42-48-36(31-56-42)44(52)54-40/h9,11-24,27,30-34,37-40,49-50H,8,10,25-26,28-29H2,1-7H3/b12-11-,16-13-,20-9+,21-15+,22-17+,23-19-,24-14+,27-18-/t32-,33+,34-,37-,38-,39-,40-/m0/s1. The number of thiazole rings is 2. The summed E-state index contributed by atoms with van der Waals surface area (Å²) in [6.07, 6.45) is 32.9. The van der Waals surface area contributed by atoms with Crippen molar-refractivity contribution in [2.45, 2.75) is 111 Å². The van der Waals surface area contributed by atoms with Gasteiger partial charge in [0.1, 0.15) is 17.2 Å². The number of allylic oxidation sites excluding steroid dienone is 11. The van der Waals surface area contributed by atoms with Crippen molar-refractivity contribution in [3.63, 3.8) is 0 Å². The van der Waals surface area contributed by atoms with E-state index in [2.05, 4.69) is 48.1 Å². The minimum Gasteiger partial charge on any atom is -0.457 e. The van der Waals surface area contributed by atoms with E-state index < -0.39 is 47.2 Å². The number of aliphatic hydroxyl groups is 2. The lowest BCUT2D eigenvalue weighted by atomic mass is 9.78. The summed E-state index contributed by atoms with van der Waals surface area (Å²) in [5.41, 5.74) is -0.980. The smallest absolute Gasteiger partial charge is 0.358 e. The van der Waals surface area contributed by atoms with Crippen LogP contribution in [0.25, 0.3) is 6.08 Å². The van der Waals surface area contributed by atoms with Crippen LogP contribution in [0.5, 0.6) is 0 Å². The third kappa shape index (κ3) is 13.3. The van der Waals surface area contributed by atoms with Gasteiger partial charge in [0.2, 0.25) is 0 Å². The molecular weight excluding hydrogens is 741 g/mol. The summed E-state index contributed by atoms with van der Waals surface area (Å²) in [6, 6.07) is 0. The Morgan fingerprint density at radius 1 is 0.804 bits per heavy atom. The highest BCUT2D eigenvalue weighted by atomic mass is 32.1. The minimum atomic E-state index is -0.816. The highest BCUT2D eigenvalue weighted by Gasteiger charge is 2.39. The van der Waals surface area contributed by atoms with E-state index in [9.17, 15) is 19.8 Å². The molecule has 0 saturated heterocycles. The first-order valence-corrected chi connectivity index (χ1v) is 21.5. The number of hydrogen-bond donors (Lipinski definition) is 2. The number of esters is 2. The fourth-order valence-electron chi connectivity index (χ4n) is 6.20. The molecule has 0 spiro atoms. The zero-order chi connectivity index (χ0) is 40.7. The fraction of sp³-hybridized carbons (Fsp3) is 0.478. The molecule has 1 aliphatic carbocycles. The summed E-state index contributed by atoms with van der Waals surface area (Å²) in [7, 11) is 0. The first-order chi connectivity index (χ1) is 26.8. The van der Waals surface area contributed by atoms with Crippen LogP contribution in [-0.4, -0.2) is 56.5 Å². The lowest BCUT2D eigenvalue weighted by Gasteiger charge is -2.36. The zero-order valence-electron chi connectivity index (χ0n) is 33.9. The Morgan fingerprint density at radius 2 is 1.41 bits per heavy atom. The van der Waals surface area contributed by atoms with Crippen molar-refractivity contribution in [2.24, 2.45) is 28.6 Å². The maximum atomic E-state index is 13.5. The van der Waals surface area contributed by atoms with Crippen LogP contribution >= 0.6 is 22.7 Å². The first kappa shape index (κ1) is 44.8. The highest BCUT2D eigenvalue weighted by Crippen LogP contribution is 2.41. The molecule has 10 heteroatoms. The Balaban J connectivity index is 1.56. The molecule has 8 nitrogen and oxygen atoms in total. The molecule has 2 N–H and O–H groups in total. The number of carbonyl (C=O) groups is 2. The maximum Gasteiger partial charge on any atom is 0.358 e. The second kappa shape index (κ2) is 21.5. The first-order valence-electron chi connectivity index (χ1n) is 19.7. The quantitative estimate of drug-likeness (QED) is 0.200. The predicted molar refractivity (Wildman–Crippen MR) is 230 cm³/mol. The van der Waals surface area contributed by atoms with Gasteiger partial charge in [-0.05, 0) is 43.6 Å². The van der Waals surface area contributed by atoms with Crippen LogP contribution in [0.2, 0.25) is 0 Å². The molecule has 2 aliphatic rings. The van der Waals surface area contributed by atoms with E-state index in [1.54, 1.807) is 22.9 Å². The van der Waals surface area contributed by atoms with Gasteiger partial charge in [0.25, 0.3) is 0 Å². The molecule has 4 rings (SSSR count). The van der Waals surface area contributed by atoms with Gasteiger partial charge in [0.15, 0.2) is 11.4 Å². The molecule has 2 aromatic rings. The van der Waals surface area contributed by atoms with Gasteiger partial charge in [0.05, 0.1) is 17.2 Å². The minimum absolute atomic E-state index is 0.168. The van der Waals surface area contributed by atoms with Gasteiger partial charge in [-0.25, -0.2) is 19.6 Å². The van der Waals surface area contributed by atoms with E-state index in [1.807, 2.05) is 95.4 Å². The van der Waals surface area contributed by atoms with Crippen molar-refractivity contribution in [1.82, 2.24) is 9.97 Å². The summed E-state index contributed by atoms with van der Waals surface area (Å²) in [5, 5.41) is 27.1. The molecule has 0 amide bonds. The molecule has 1 saturated carbocycles. The number of unbranched alkanes of at least 4 members (excludes halogenated alkanes) is 1. The number of fused-ring (bicyclic) bond motifs is 5. The lowest BCUT2D eigenvalue weighted by Crippen LogP contribution is -2.42. The van der Waals surface area contributed by atoms with Gasteiger partial charge in [-0.2, -0.15) is 0 Å². The van der Waals surface area contributed by atoms with Crippen LogP contribution in [0.4, 0.5) is 0 Å². The van der Waals surface area contributed by atoms with Gasteiger partial charge >= 0.3 is 11.9 Å². The molecule has 1 aliphatic heterocycles. The molecule has 302 valence electrons. The fourth-order valence-corrected chi connectivity index (χ4v) is 7.80. The van der Waals surface area contributed by atoms with Crippen LogP contribution in [0.3, 0.4) is 0 Å². The Morgan fingerprint density at radius 3 is 2.11 bits per heavy atom. The number of ether oxygens (including phenoxy) is 2. The molecule has 2 aromatic heterocycles. The summed E-state index contributed by atoms with van der Waals surface area (Å²) >= 11 is 2.81. The zero-order valence-corrected chi connectivity index (χ0v) is 35.5. The maximum absolute atomic E-state index is 13.5. The molecule has 56 heavy (non-hydrogen) atoms. The number of nitrogens with zero attached hydrogens (tertiary/aromatic N) is 2. The molecule has 1 fully saturated rings. The number of hydrogen-bond acceptors (Lipinski definition) is 10. The van der Waals surface area contributed by atoms with Crippen LogP contribution in [0, 0.1) is 28.6 Å². The Hall–Kier alpha value is -3.96. The largest absolute Gasteiger partial charge is 0.457 e. The molecule has 0 unspecified atom stereocenters. The van der Waals surface area contributed by atoms with Crippen molar-refractivity contribution in [3.8, 4) is 0 Å². The van der Waals surface area contributed by atoms with Crippen LogP contribution in [0.15, 0.2) is 102 Å². The monoisotopic (exact) mass is 800 g/mol. The third-order valence-corrected chi connectivity index (χ3v) is 12.1. The van der Waals surface area contributed by atoms with Crippen molar-refractivity contribution in [1.29, 1.82) is 0 Å².